The van der Waals surface area contributed by atoms with E-state index >= 15 is 0 Å². The molecule has 2 aliphatic rings. The van der Waals surface area contributed by atoms with Crippen LogP contribution in [0.15, 0.2) is 60.7 Å². The summed E-state index contributed by atoms with van der Waals surface area (Å²) in [6.07, 6.45) is -0.0631. The fourth-order valence-corrected chi connectivity index (χ4v) is 7.86. The number of hydrogen-bond acceptors (Lipinski definition) is 6. The van der Waals surface area contributed by atoms with Gasteiger partial charge in [0.1, 0.15) is 11.5 Å². The number of likely N-dealkylation sites (N-methyl/N-ethyl adjacent to an activating group) is 2. The van der Waals surface area contributed by atoms with E-state index < -0.39 is 11.5 Å². The Bertz CT molecular complexity index is 1990. The molecule has 13 heteroatoms. The minimum absolute atomic E-state index is 0.0817. The normalized spacial score (nSPS) is 16.4. The van der Waals surface area contributed by atoms with Crippen LogP contribution >= 0.6 is 39.1 Å². The summed E-state index contributed by atoms with van der Waals surface area (Å²) >= 11 is 16.3. The summed E-state index contributed by atoms with van der Waals surface area (Å²) in [7, 11) is 3.27. The summed E-state index contributed by atoms with van der Waals surface area (Å²) < 4.78 is 5.90. The quantitative estimate of drug-likeness (QED) is 0.171. The maximum atomic E-state index is 13.8. The van der Waals surface area contributed by atoms with Crippen LogP contribution in [0.3, 0.4) is 0 Å². The molecule has 0 fully saturated rings. The van der Waals surface area contributed by atoms with E-state index in [1.165, 1.54) is 9.80 Å². The lowest BCUT2D eigenvalue weighted by Gasteiger charge is -2.23. The number of ether oxygens (including phenoxy) is 1. The maximum absolute atomic E-state index is 13.8. The van der Waals surface area contributed by atoms with Gasteiger partial charge in [0.25, 0.3) is 0 Å². The molecule has 0 spiro atoms. The number of hydrogen-bond donors (Lipinski definition) is 1. The van der Waals surface area contributed by atoms with E-state index in [9.17, 15) is 24.3 Å². The second kappa shape index (κ2) is 15.0. The van der Waals surface area contributed by atoms with Crippen molar-refractivity contribution in [3.63, 3.8) is 0 Å². The highest BCUT2D eigenvalue weighted by Crippen LogP contribution is 2.47. The zero-order chi connectivity index (χ0) is 35.7. The predicted molar refractivity (Wildman–Crippen MR) is 200 cm³/mol. The Morgan fingerprint density at radius 1 is 0.840 bits per heavy atom. The Morgan fingerprint density at radius 3 is 2.04 bits per heavy atom. The lowest BCUT2D eigenvalue weighted by Crippen LogP contribution is -2.38. The van der Waals surface area contributed by atoms with E-state index in [2.05, 4.69) is 15.9 Å². The smallest absolute Gasteiger partial charge is 0.415 e. The predicted octanol–water partition coefficient (Wildman–Crippen LogP) is 7.15. The molecule has 0 saturated carbocycles. The number of fused-ring (bicyclic) bond motifs is 6. The fraction of sp³-hybridized carbons (Fsp3) is 0.351. The third-order valence-corrected chi connectivity index (χ3v) is 10.7. The highest BCUT2D eigenvalue weighted by atomic mass is 79.9. The number of halogens is 3. The molecule has 6 rings (SSSR count). The number of benzene rings is 4. The second-order valence-corrected chi connectivity index (χ2v) is 14.0. The van der Waals surface area contributed by atoms with Gasteiger partial charge in [-0.2, -0.15) is 0 Å². The third kappa shape index (κ3) is 6.83. The van der Waals surface area contributed by atoms with Gasteiger partial charge in [-0.05, 0) is 22.8 Å². The fourth-order valence-electron chi connectivity index (χ4n) is 6.81. The molecule has 10 nitrogen and oxygen atoms in total. The van der Waals surface area contributed by atoms with Gasteiger partial charge >= 0.3 is 6.09 Å². The Balaban J connectivity index is 1.17. The Morgan fingerprint density at radius 2 is 1.40 bits per heavy atom. The first kappa shape index (κ1) is 35.8. The minimum Gasteiger partial charge on any atom is -0.507 e. The number of phenols is 1. The van der Waals surface area contributed by atoms with E-state index in [0.29, 0.717) is 42.0 Å². The topological polar surface area (TPSA) is 111 Å². The van der Waals surface area contributed by atoms with E-state index in [1.54, 1.807) is 36.0 Å². The number of carbonyl (C=O) groups is 4. The van der Waals surface area contributed by atoms with E-state index in [1.807, 2.05) is 48.5 Å². The van der Waals surface area contributed by atoms with Crippen molar-refractivity contribution in [2.75, 3.05) is 61.3 Å². The summed E-state index contributed by atoms with van der Waals surface area (Å²) in [5.41, 5.74) is 2.95. The molecule has 0 radical (unpaired) electrons. The average Bonchev–Trinajstić information content (AvgIpc) is 3.67. The van der Waals surface area contributed by atoms with Gasteiger partial charge < -0.3 is 29.4 Å². The number of carbonyl (C=O) groups excluding carboxylic acids is 4. The van der Waals surface area contributed by atoms with Crippen LogP contribution in [-0.2, 0) is 14.4 Å². The molecule has 2 atom stereocenters. The summed E-state index contributed by atoms with van der Waals surface area (Å²) in [5.74, 6) is 0.0969. The largest absolute Gasteiger partial charge is 0.507 e. The first-order chi connectivity index (χ1) is 24.0. The summed E-state index contributed by atoms with van der Waals surface area (Å²) in [4.78, 5) is 58.5. The zero-order valence-electron chi connectivity index (χ0n) is 27.7. The minimum atomic E-state index is -0.595. The van der Waals surface area contributed by atoms with Crippen molar-refractivity contribution in [2.45, 2.75) is 30.6 Å². The molecule has 50 heavy (non-hydrogen) atoms. The first-order valence-corrected chi connectivity index (χ1v) is 18.5. The van der Waals surface area contributed by atoms with Crippen molar-refractivity contribution in [2.24, 2.45) is 0 Å². The zero-order valence-corrected chi connectivity index (χ0v) is 30.8. The lowest BCUT2D eigenvalue weighted by atomic mass is 9.95. The summed E-state index contributed by atoms with van der Waals surface area (Å²) in [6.45, 7) is 1.24. The molecule has 2 heterocycles. The Labute approximate surface area is 308 Å². The van der Waals surface area contributed by atoms with Crippen LogP contribution in [0.1, 0.15) is 41.7 Å². The van der Waals surface area contributed by atoms with Gasteiger partial charge in [0, 0.05) is 93.4 Å². The number of alkyl halides is 3. The number of phenolic OH excluding ortho intramolecular Hbond substituents is 1. The van der Waals surface area contributed by atoms with Gasteiger partial charge in [-0.15, -0.1) is 23.2 Å². The van der Waals surface area contributed by atoms with Gasteiger partial charge in [0.05, 0.1) is 22.1 Å². The van der Waals surface area contributed by atoms with E-state index in [0.717, 1.165) is 27.3 Å². The van der Waals surface area contributed by atoms with Crippen molar-refractivity contribution in [1.82, 2.24) is 9.80 Å². The monoisotopic (exact) mass is 782 g/mol. The van der Waals surface area contributed by atoms with E-state index in [4.69, 9.17) is 27.9 Å². The molecular weight excluding hydrogens is 747 g/mol. The van der Waals surface area contributed by atoms with Gasteiger partial charge in [0.15, 0.2) is 0 Å². The van der Waals surface area contributed by atoms with Gasteiger partial charge in [-0.3, -0.25) is 14.4 Å². The Kier molecular flexibility index (Phi) is 10.8. The molecule has 2 unspecified atom stereocenters. The number of rotatable bonds is 10. The van der Waals surface area contributed by atoms with Crippen LogP contribution in [0.5, 0.6) is 11.5 Å². The van der Waals surface area contributed by atoms with Crippen molar-refractivity contribution in [3.05, 3.63) is 71.8 Å². The average molecular weight is 785 g/mol. The van der Waals surface area contributed by atoms with Crippen LogP contribution in [0.2, 0.25) is 0 Å². The molecule has 0 bridgehead atoms. The van der Waals surface area contributed by atoms with Crippen molar-refractivity contribution >= 4 is 95.9 Å². The highest BCUT2D eigenvalue weighted by molar-refractivity contribution is 9.09. The molecule has 4 aromatic rings. The third-order valence-electron chi connectivity index (χ3n) is 9.51. The lowest BCUT2D eigenvalue weighted by molar-refractivity contribution is -0.127. The van der Waals surface area contributed by atoms with E-state index in [-0.39, 0.29) is 66.5 Å². The number of anilines is 2. The molecule has 4 amide bonds. The molecule has 1 N–H and O–H groups in total. The van der Waals surface area contributed by atoms with Crippen molar-refractivity contribution < 1.29 is 29.0 Å². The van der Waals surface area contributed by atoms with Crippen LogP contribution in [0.25, 0.3) is 21.5 Å². The highest BCUT2D eigenvalue weighted by Gasteiger charge is 2.36. The second-order valence-electron chi connectivity index (χ2n) is 12.6. The van der Waals surface area contributed by atoms with Crippen LogP contribution in [-0.4, -0.2) is 90.2 Å². The van der Waals surface area contributed by atoms with Crippen LogP contribution in [0, 0.1) is 0 Å². The van der Waals surface area contributed by atoms with Crippen LogP contribution in [0.4, 0.5) is 16.2 Å². The number of nitrogens with zero attached hydrogens (tertiary/aromatic N) is 4. The van der Waals surface area contributed by atoms with Gasteiger partial charge in [-0.1, -0.05) is 64.5 Å². The number of aromatic hydroxyl groups is 1. The molecular formula is C37H37BrCl2N4O6. The van der Waals surface area contributed by atoms with Gasteiger partial charge in [-0.25, -0.2) is 4.79 Å². The van der Waals surface area contributed by atoms with Crippen molar-refractivity contribution in [3.8, 4) is 11.5 Å². The maximum Gasteiger partial charge on any atom is 0.415 e. The molecule has 0 aliphatic carbocycles. The SMILES string of the molecule is CN(CCN(C)C(=O)Oc1cc2c(c3ccccc13)C(CCl)CN2C(=O)CCCC(=O)N1CC(Cl)c2c1cc(O)c1ccccc21)C(=O)CBr. The first-order valence-electron chi connectivity index (χ1n) is 16.4. The molecule has 262 valence electrons. The molecule has 0 saturated heterocycles. The Hall–Kier alpha value is -4.06. The van der Waals surface area contributed by atoms with Crippen molar-refractivity contribution in [1.29, 1.82) is 0 Å². The van der Waals surface area contributed by atoms with Gasteiger partial charge in [0.2, 0.25) is 17.7 Å². The van der Waals surface area contributed by atoms with Crippen LogP contribution < -0.4 is 14.5 Å². The summed E-state index contributed by atoms with van der Waals surface area (Å²) in [6, 6.07) is 18.3. The molecule has 0 aromatic heterocycles. The number of amides is 4. The molecule has 2 aliphatic heterocycles. The summed E-state index contributed by atoms with van der Waals surface area (Å²) in [5, 5.41) is 13.5. The molecule has 4 aromatic carbocycles. The standard InChI is InChI=1S/C37H37BrCl2N4O6/c1-41(34(48)18-38)14-15-42(2)37(49)50-31-17-29-35(26-11-6-4-9-24(26)31)22(19-39)20-43(29)32(46)12-7-13-33(47)44-21-27(40)36-25-10-5-3-8-23(25)30(45)16-28(36)44/h3-6,8-11,16-17,22,27,45H,7,12-15,18-21H2,1-2H3.